The third kappa shape index (κ3) is 12.3. The van der Waals surface area contributed by atoms with Gasteiger partial charge in [0.1, 0.15) is 18.0 Å². The Hall–Kier alpha value is -4.10. The van der Waals surface area contributed by atoms with Crippen LogP contribution in [-0.4, -0.2) is 34.8 Å². The SMILES string of the molecule is [C-]#[N+]C1=CC2N=C(c3ccc(C)c(NS(=O)Oc4cc(C(C)(C)CC(C)(C)C)ccc4OCCCCCCCC)c3)NC2=C1C(=O)OC1C(C(C)(C)C)CC(C)CC1C(C)(C)C. The van der Waals surface area contributed by atoms with Crippen LogP contribution in [0.5, 0.6) is 11.5 Å². The predicted molar refractivity (Wildman–Crippen MR) is 255 cm³/mol. The molecule has 0 aromatic heterocycles. The van der Waals surface area contributed by atoms with Gasteiger partial charge in [-0.3, -0.25) is 9.71 Å². The molecule has 10 heteroatoms. The number of aryl methyl sites for hydroxylation is 1. The minimum Gasteiger partial charge on any atom is -0.490 e. The third-order valence-electron chi connectivity index (χ3n) is 12.9. The van der Waals surface area contributed by atoms with Gasteiger partial charge >= 0.3 is 17.2 Å². The van der Waals surface area contributed by atoms with Crippen LogP contribution in [0, 0.1) is 47.5 Å². The summed E-state index contributed by atoms with van der Waals surface area (Å²) in [7, 11) is 0. The number of amidine groups is 1. The number of ether oxygens (including phenoxy) is 2. The van der Waals surface area contributed by atoms with E-state index in [1.165, 1.54) is 25.7 Å². The highest BCUT2D eigenvalue weighted by Gasteiger charge is 2.49. The minimum absolute atomic E-state index is 0.0677. The van der Waals surface area contributed by atoms with Gasteiger partial charge in [-0.15, -0.1) is 0 Å². The van der Waals surface area contributed by atoms with Crippen molar-refractivity contribution in [3.05, 3.63) is 87.5 Å². The Labute approximate surface area is 377 Å². The minimum atomic E-state index is -1.97. The number of aliphatic imine (C=N–C) groups is 1. The van der Waals surface area contributed by atoms with Crippen LogP contribution in [0.25, 0.3) is 4.85 Å². The van der Waals surface area contributed by atoms with Crippen LogP contribution in [0.1, 0.15) is 164 Å². The highest BCUT2D eigenvalue weighted by Crippen LogP contribution is 2.50. The van der Waals surface area contributed by atoms with Gasteiger partial charge in [-0.1, -0.05) is 140 Å². The zero-order valence-corrected chi connectivity index (χ0v) is 41.2. The molecule has 1 aliphatic heterocycles. The summed E-state index contributed by atoms with van der Waals surface area (Å²) in [5.41, 5.74) is 4.19. The number of benzene rings is 2. The number of carbonyl (C=O) groups excluding carboxylic acids is 1. The highest BCUT2D eigenvalue weighted by atomic mass is 32.2. The summed E-state index contributed by atoms with van der Waals surface area (Å²) in [4.78, 5) is 23.0. The molecule has 0 radical (unpaired) electrons. The monoisotopic (exact) mass is 869 g/mol. The Morgan fingerprint density at radius 3 is 2.16 bits per heavy atom. The number of fused-ring (bicyclic) bond motifs is 1. The molecule has 3 aliphatic rings. The fourth-order valence-electron chi connectivity index (χ4n) is 9.82. The second kappa shape index (κ2) is 19.7. The topological polar surface area (TPSA) is 103 Å². The second-order valence-corrected chi connectivity index (χ2v) is 23.1. The maximum Gasteiger partial charge on any atom is 0.329 e. The summed E-state index contributed by atoms with van der Waals surface area (Å²) >= 11 is -1.97. The number of nitrogens with one attached hydrogen (secondary N) is 2. The zero-order chi connectivity index (χ0) is 45.8. The molecule has 1 fully saturated rings. The van der Waals surface area contributed by atoms with Crippen molar-refractivity contribution >= 4 is 28.8 Å². The molecular formula is C52H76N4O5S. The molecule has 2 aromatic carbocycles. The normalized spacial score (nSPS) is 22.2. The summed E-state index contributed by atoms with van der Waals surface area (Å²) in [5.74, 6) is 1.95. The van der Waals surface area contributed by atoms with Crippen molar-refractivity contribution in [2.45, 2.75) is 172 Å². The van der Waals surface area contributed by atoms with Gasteiger partial charge < -0.3 is 19.0 Å². The first-order valence-corrected chi connectivity index (χ1v) is 24.1. The number of hydrogen-bond acceptors (Lipinski definition) is 7. The van der Waals surface area contributed by atoms with E-state index in [1.54, 1.807) is 6.08 Å². The van der Waals surface area contributed by atoms with Crippen molar-refractivity contribution in [3.63, 3.8) is 0 Å². The second-order valence-electron chi connectivity index (χ2n) is 22.2. The standard InChI is InChI=1S/C52H76N4O5S/c1-16-17-18-19-20-21-26-59-42-25-24-36(52(13,14)32-49(4,5)6)30-43(42)61-62(58)56-39-29-35(23-22-34(39)3)47-54-41-31-40(53-15)44(45(41)55-47)48(57)60-46-37(50(7,8)9)27-33(2)28-38(46)51(10,11)12/h22-25,29-31,33,37-38,41,46,56H,16-21,26-28,32H2,1-14H3,(H,54,55). The molecule has 0 amide bonds. The number of rotatable bonds is 17. The van der Waals surface area contributed by atoms with Crippen molar-refractivity contribution in [2.24, 2.45) is 39.0 Å². The van der Waals surface area contributed by atoms with Gasteiger partial charge in [0.05, 0.1) is 24.4 Å². The molecule has 1 heterocycles. The molecule has 4 unspecified atom stereocenters. The van der Waals surface area contributed by atoms with Crippen molar-refractivity contribution < 1.29 is 22.7 Å². The largest absolute Gasteiger partial charge is 0.490 e. The Bertz CT molecular complexity index is 2070. The van der Waals surface area contributed by atoms with Gasteiger partial charge in [0.2, 0.25) is 5.70 Å². The molecule has 2 N–H and O–H groups in total. The zero-order valence-electron chi connectivity index (χ0n) is 40.3. The molecule has 4 atom stereocenters. The van der Waals surface area contributed by atoms with Gasteiger partial charge in [0, 0.05) is 23.1 Å². The summed E-state index contributed by atoms with van der Waals surface area (Å²) in [6.07, 6.45) is 11.3. The van der Waals surface area contributed by atoms with Crippen molar-refractivity contribution in [1.29, 1.82) is 0 Å². The van der Waals surface area contributed by atoms with E-state index in [9.17, 15) is 9.00 Å². The fourth-order valence-corrected chi connectivity index (χ4v) is 10.6. The fraction of sp³-hybridized carbons (Fsp3) is 0.635. The lowest BCUT2D eigenvalue weighted by atomic mass is 9.59. The number of unbranched alkanes of at least 4 members (excludes halogenated alkanes) is 5. The Morgan fingerprint density at radius 2 is 1.55 bits per heavy atom. The molecule has 0 saturated heterocycles. The Morgan fingerprint density at radius 1 is 0.903 bits per heavy atom. The van der Waals surface area contributed by atoms with Crippen LogP contribution < -0.4 is 19.0 Å². The molecule has 2 aromatic rings. The van der Waals surface area contributed by atoms with E-state index in [-0.39, 0.29) is 50.9 Å². The molecule has 1 saturated carbocycles. The van der Waals surface area contributed by atoms with Gasteiger partial charge in [0.15, 0.2) is 11.5 Å². The molecule has 0 bridgehead atoms. The molecule has 340 valence electrons. The molecular weight excluding hydrogens is 793 g/mol. The van der Waals surface area contributed by atoms with Gasteiger partial charge in [-0.05, 0) is 95.6 Å². The average Bonchev–Trinajstić information content (AvgIpc) is 3.72. The predicted octanol–water partition coefficient (Wildman–Crippen LogP) is 13.0. The molecule has 9 nitrogen and oxygen atoms in total. The van der Waals surface area contributed by atoms with Crippen LogP contribution in [0.15, 0.2) is 64.4 Å². The quantitative estimate of drug-likeness (QED) is 0.0932. The maximum atomic E-state index is 14.3. The van der Waals surface area contributed by atoms with E-state index in [1.807, 2.05) is 37.3 Å². The summed E-state index contributed by atoms with van der Waals surface area (Å²) in [5, 5.41) is 3.40. The molecule has 2 aliphatic carbocycles. The molecule has 62 heavy (non-hydrogen) atoms. The highest BCUT2D eigenvalue weighted by molar-refractivity contribution is 7.82. The van der Waals surface area contributed by atoms with Crippen molar-refractivity contribution in [3.8, 4) is 11.5 Å². The number of hydrogen-bond donors (Lipinski definition) is 2. The van der Waals surface area contributed by atoms with E-state index < -0.39 is 23.3 Å². The first-order chi connectivity index (χ1) is 28.9. The summed E-state index contributed by atoms with van der Waals surface area (Å²) in [6, 6.07) is 11.3. The average molecular weight is 869 g/mol. The third-order valence-corrected chi connectivity index (χ3v) is 13.6. The van der Waals surface area contributed by atoms with Crippen LogP contribution in [-0.2, 0) is 26.2 Å². The molecule has 5 rings (SSSR count). The molecule has 0 spiro atoms. The lowest BCUT2D eigenvalue weighted by Crippen LogP contribution is -2.49. The van der Waals surface area contributed by atoms with Gasteiger partial charge in [-0.2, -0.15) is 4.21 Å². The van der Waals surface area contributed by atoms with Crippen LogP contribution in [0.4, 0.5) is 5.69 Å². The van der Waals surface area contributed by atoms with E-state index >= 15 is 0 Å². The summed E-state index contributed by atoms with van der Waals surface area (Å²) in [6.45, 7) is 39.6. The number of nitrogens with zero attached hydrogens (tertiary/aromatic N) is 2. The van der Waals surface area contributed by atoms with Crippen molar-refractivity contribution in [1.82, 2.24) is 5.32 Å². The van der Waals surface area contributed by atoms with E-state index in [0.717, 1.165) is 48.8 Å². The number of anilines is 1. The van der Waals surface area contributed by atoms with Crippen LogP contribution in [0.2, 0.25) is 0 Å². The lowest BCUT2D eigenvalue weighted by Gasteiger charge is -2.50. The first kappa shape index (κ1) is 48.9. The van der Waals surface area contributed by atoms with Crippen LogP contribution in [0.3, 0.4) is 0 Å². The van der Waals surface area contributed by atoms with E-state index in [0.29, 0.717) is 41.2 Å². The first-order valence-electron chi connectivity index (χ1n) is 23.1. The van der Waals surface area contributed by atoms with Crippen molar-refractivity contribution in [2.75, 3.05) is 11.3 Å². The Kier molecular flexibility index (Phi) is 15.6. The maximum absolute atomic E-state index is 14.3. The number of esters is 1. The van der Waals surface area contributed by atoms with Gasteiger partial charge in [-0.25, -0.2) is 9.64 Å². The van der Waals surface area contributed by atoms with Gasteiger partial charge in [0.25, 0.3) is 0 Å². The smallest absolute Gasteiger partial charge is 0.329 e. The lowest BCUT2D eigenvalue weighted by molar-refractivity contribution is -0.164. The number of carbonyl (C=O) groups is 1. The summed E-state index contributed by atoms with van der Waals surface area (Å²) < 4.78 is 36.0. The van der Waals surface area contributed by atoms with Crippen LogP contribution >= 0.6 is 0 Å². The van der Waals surface area contributed by atoms with E-state index in [4.69, 9.17) is 25.2 Å². The Balaban J connectivity index is 1.35. The van der Waals surface area contributed by atoms with E-state index in [2.05, 4.69) is 111 Å².